The zero-order valence-corrected chi connectivity index (χ0v) is 16.4. The molecule has 148 valence electrons. The van der Waals surface area contributed by atoms with E-state index in [0.717, 1.165) is 59.6 Å². The van der Waals surface area contributed by atoms with E-state index in [2.05, 4.69) is 30.2 Å². The van der Waals surface area contributed by atoms with E-state index in [1.807, 2.05) is 50.5 Å². The maximum atomic E-state index is 5.63. The van der Waals surface area contributed by atoms with E-state index in [0.29, 0.717) is 17.8 Å². The lowest BCUT2D eigenvalue weighted by molar-refractivity contribution is 0.0657. The Bertz CT molecular complexity index is 1160. The van der Waals surface area contributed by atoms with E-state index >= 15 is 0 Å². The van der Waals surface area contributed by atoms with E-state index in [4.69, 9.17) is 9.26 Å². The average molecular weight is 390 g/mol. The Morgan fingerprint density at radius 3 is 2.76 bits per heavy atom. The molecule has 0 aliphatic carbocycles. The summed E-state index contributed by atoms with van der Waals surface area (Å²) in [4.78, 5) is 9.28. The fourth-order valence-corrected chi connectivity index (χ4v) is 3.86. The van der Waals surface area contributed by atoms with Crippen molar-refractivity contribution in [3.63, 3.8) is 0 Å². The molecule has 8 heteroatoms. The molecule has 1 N–H and O–H groups in total. The summed E-state index contributed by atoms with van der Waals surface area (Å²) in [6.45, 7) is 3.59. The highest BCUT2D eigenvalue weighted by molar-refractivity contribution is 5.94. The van der Waals surface area contributed by atoms with Crippen molar-refractivity contribution in [1.82, 2.24) is 24.9 Å². The molecule has 0 unspecified atom stereocenters. The summed E-state index contributed by atoms with van der Waals surface area (Å²) in [5.41, 5.74) is 3.65. The molecule has 0 radical (unpaired) electrons. The molecule has 1 fully saturated rings. The SMILES string of the molecule is CNc1cc(-c2noc(-c3cnn(C4CCOCC4)c3C)n2)c2ccccc2n1. The second-order valence-electron chi connectivity index (χ2n) is 7.18. The molecule has 0 saturated carbocycles. The van der Waals surface area contributed by atoms with Crippen LogP contribution in [0.2, 0.25) is 0 Å². The number of benzene rings is 1. The third-order valence-corrected chi connectivity index (χ3v) is 5.45. The molecule has 0 atom stereocenters. The van der Waals surface area contributed by atoms with E-state index in [9.17, 15) is 0 Å². The normalized spacial score (nSPS) is 15.1. The van der Waals surface area contributed by atoms with Crippen molar-refractivity contribution in [2.45, 2.75) is 25.8 Å². The summed E-state index contributed by atoms with van der Waals surface area (Å²) in [6, 6.07) is 10.2. The van der Waals surface area contributed by atoms with Gasteiger partial charge in [0.05, 0.1) is 23.3 Å². The molecule has 0 spiro atoms. The maximum Gasteiger partial charge on any atom is 0.261 e. The first-order valence-corrected chi connectivity index (χ1v) is 9.78. The van der Waals surface area contributed by atoms with E-state index in [1.54, 1.807) is 0 Å². The third-order valence-electron chi connectivity index (χ3n) is 5.45. The van der Waals surface area contributed by atoms with Crippen molar-refractivity contribution in [2.24, 2.45) is 0 Å². The highest BCUT2D eigenvalue weighted by Crippen LogP contribution is 2.32. The van der Waals surface area contributed by atoms with Crippen LogP contribution in [-0.2, 0) is 4.74 Å². The van der Waals surface area contributed by atoms with E-state index < -0.39 is 0 Å². The predicted octanol–water partition coefficient (Wildman–Crippen LogP) is 3.85. The molecule has 1 saturated heterocycles. The number of nitrogens with zero attached hydrogens (tertiary/aromatic N) is 5. The minimum absolute atomic E-state index is 0.349. The Hall–Kier alpha value is -3.26. The fourth-order valence-electron chi connectivity index (χ4n) is 3.86. The molecule has 1 aliphatic heterocycles. The van der Waals surface area contributed by atoms with Gasteiger partial charge in [-0.05, 0) is 31.9 Å². The van der Waals surface area contributed by atoms with Gasteiger partial charge in [-0.2, -0.15) is 10.1 Å². The Labute approximate surface area is 167 Å². The summed E-state index contributed by atoms with van der Waals surface area (Å²) >= 11 is 0. The molecule has 29 heavy (non-hydrogen) atoms. The van der Waals surface area contributed by atoms with Gasteiger partial charge < -0.3 is 14.6 Å². The molecule has 5 rings (SSSR count). The molecule has 3 aromatic heterocycles. The summed E-state index contributed by atoms with van der Waals surface area (Å²) in [6.07, 6.45) is 3.74. The van der Waals surface area contributed by atoms with Crippen LogP contribution in [0.15, 0.2) is 41.1 Å². The highest BCUT2D eigenvalue weighted by Gasteiger charge is 2.23. The molecule has 0 amide bonds. The number of fused-ring (bicyclic) bond motifs is 1. The number of hydrogen-bond donors (Lipinski definition) is 1. The lowest BCUT2D eigenvalue weighted by Gasteiger charge is -2.23. The Kier molecular flexibility index (Phi) is 4.48. The molecular weight excluding hydrogens is 368 g/mol. The van der Waals surface area contributed by atoms with Crippen LogP contribution in [-0.4, -0.2) is 45.2 Å². The summed E-state index contributed by atoms with van der Waals surface area (Å²) < 4.78 is 13.2. The van der Waals surface area contributed by atoms with Crippen LogP contribution in [0.1, 0.15) is 24.6 Å². The Morgan fingerprint density at radius 2 is 1.93 bits per heavy atom. The molecular formula is C21H22N6O2. The monoisotopic (exact) mass is 390 g/mol. The van der Waals surface area contributed by atoms with E-state index in [-0.39, 0.29) is 0 Å². The summed E-state index contributed by atoms with van der Waals surface area (Å²) in [7, 11) is 1.84. The van der Waals surface area contributed by atoms with Crippen molar-refractivity contribution in [3.8, 4) is 22.8 Å². The van der Waals surface area contributed by atoms with Gasteiger partial charge in [0.1, 0.15) is 5.82 Å². The summed E-state index contributed by atoms with van der Waals surface area (Å²) in [5, 5.41) is 12.9. The first-order chi connectivity index (χ1) is 14.2. The van der Waals surface area contributed by atoms with Gasteiger partial charge in [-0.3, -0.25) is 4.68 Å². The lowest BCUT2D eigenvalue weighted by Crippen LogP contribution is -2.21. The smallest absolute Gasteiger partial charge is 0.261 e. The largest absolute Gasteiger partial charge is 0.381 e. The number of ether oxygens (including phenoxy) is 1. The summed E-state index contributed by atoms with van der Waals surface area (Å²) in [5.74, 6) is 1.77. The molecule has 0 bridgehead atoms. The van der Waals surface area contributed by atoms with Crippen LogP contribution in [0.4, 0.5) is 5.82 Å². The second kappa shape index (κ2) is 7.29. The zero-order valence-electron chi connectivity index (χ0n) is 16.4. The highest BCUT2D eigenvalue weighted by atomic mass is 16.5. The van der Waals surface area contributed by atoms with Gasteiger partial charge in [0, 0.05) is 36.9 Å². The van der Waals surface area contributed by atoms with Gasteiger partial charge >= 0.3 is 0 Å². The van der Waals surface area contributed by atoms with Crippen molar-refractivity contribution in [2.75, 3.05) is 25.6 Å². The average Bonchev–Trinajstić information content (AvgIpc) is 3.40. The first kappa shape index (κ1) is 17.8. The van der Waals surface area contributed by atoms with Crippen molar-refractivity contribution < 1.29 is 9.26 Å². The molecule has 1 aliphatic rings. The Morgan fingerprint density at radius 1 is 1.10 bits per heavy atom. The number of hydrogen-bond acceptors (Lipinski definition) is 7. The van der Waals surface area contributed by atoms with Crippen LogP contribution in [0.3, 0.4) is 0 Å². The number of anilines is 1. The first-order valence-electron chi connectivity index (χ1n) is 9.78. The number of aromatic nitrogens is 5. The molecule has 1 aromatic carbocycles. The second-order valence-corrected chi connectivity index (χ2v) is 7.18. The van der Waals surface area contributed by atoms with Crippen molar-refractivity contribution in [3.05, 3.63) is 42.2 Å². The van der Waals surface area contributed by atoms with Gasteiger partial charge in [0.15, 0.2) is 0 Å². The van der Waals surface area contributed by atoms with Crippen LogP contribution in [0.25, 0.3) is 33.7 Å². The minimum atomic E-state index is 0.349. The standard InChI is InChI=1S/C21H22N6O2/c1-13-17(12-23-27(13)14-7-9-28-10-8-14)21-25-20(26-29-21)16-11-19(22-2)24-18-6-4-3-5-15(16)18/h3-6,11-12,14H,7-10H2,1-2H3,(H,22,24). The quantitative estimate of drug-likeness (QED) is 0.566. The van der Waals surface area contributed by atoms with Gasteiger partial charge in [0.25, 0.3) is 5.89 Å². The molecule has 4 aromatic rings. The lowest BCUT2D eigenvalue weighted by atomic mass is 10.1. The van der Waals surface area contributed by atoms with E-state index in [1.165, 1.54) is 0 Å². The fraction of sp³-hybridized carbons (Fsp3) is 0.333. The van der Waals surface area contributed by atoms with Crippen LogP contribution in [0, 0.1) is 6.92 Å². The number of para-hydroxylation sites is 1. The predicted molar refractivity (Wildman–Crippen MR) is 110 cm³/mol. The number of rotatable bonds is 4. The van der Waals surface area contributed by atoms with Crippen LogP contribution >= 0.6 is 0 Å². The van der Waals surface area contributed by atoms with Crippen molar-refractivity contribution in [1.29, 1.82) is 0 Å². The number of pyridine rings is 1. The topological polar surface area (TPSA) is 90.9 Å². The van der Waals surface area contributed by atoms with Gasteiger partial charge in [-0.1, -0.05) is 23.4 Å². The van der Waals surface area contributed by atoms with Crippen molar-refractivity contribution >= 4 is 16.7 Å². The molecule has 4 heterocycles. The molecule has 8 nitrogen and oxygen atoms in total. The zero-order chi connectivity index (χ0) is 19.8. The van der Waals surface area contributed by atoms with Crippen LogP contribution < -0.4 is 5.32 Å². The third kappa shape index (κ3) is 3.15. The Balaban J connectivity index is 1.54. The van der Waals surface area contributed by atoms with Gasteiger partial charge in [-0.25, -0.2) is 4.98 Å². The van der Waals surface area contributed by atoms with Gasteiger partial charge in [-0.15, -0.1) is 0 Å². The maximum absolute atomic E-state index is 5.63. The minimum Gasteiger partial charge on any atom is -0.381 e. The van der Waals surface area contributed by atoms with Crippen LogP contribution in [0.5, 0.6) is 0 Å². The number of nitrogens with one attached hydrogen (secondary N) is 1. The van der Waals surface area contributed by atoms with Gasteiger partial charge in [0.2, 0.25) is 5.82 Å².